The van der Waals surface area contributed by atoms with Crippen molar-refractivity contribution < 1.29 is 0 Å². The van der Waals surface area contributed by atoms with E-state index in [1.165, 1.54) is 0 Å². The Balaban J connectivity index is 2.91. The van der Waals surface area contributed by atoms with Gasteiger partial charge in [0.05, 0.1) is 18.2 Å². The Hall–Kier alpha value is -0.820. The van der Waals surface area contributed by atoms with Crippen LogP contribution in [0.25, 0.3) is 0 Å². The summed E-state index contributed by atoms with van der Waals surface area (Å²) in [6, 6.07) is 2.11. The molecule has 0 amide bonds. The molecule has 12 heavy (non-hydrogen) atoms. The Kier molecular flexibility index (Phi) is 2.88. The lowest BCUT2D eigenvalue weighted by Crippen LogP contribution is -1.99. The summed E-state index contributed by atoms with van der Waals surface area (Å²) in [5.74, 6) is 0.953. The highest BCUT2D eigenvalue weighted by molar-refractivity contribution is 9.10. The zero-order valence-corrected chi connectivity index (χ0v) is 8.72. The molecule has 0 atom stereocenters. The number of nitrogens with zero attached hydrogens (tertiary/aromatic N) is 3. The minimum atomic E-state index is 0.523. The van der Waals surface area contributed by atoms with Crippen LogP contribution in [0.1, 0.15) is 17.9 Å². The zero-order valence-electron chi connectivity index (χ0n) is 7.13. The highest BCUT2D eigenvalue weighted by Gasteiger charge is 2.07. The number of nitriles is 1. The van der Waals surface area contributed by atoms with Gasteiger partial charge >= 0.3 is 0 Å². The van der Waals surface area contributed by atoms with Gasteiger partial charge in [-0.05, 0) is 29.8 Å². The molecule has 1 rings (SSSR count). The van der Waals surface area contributed by atoms with Crippen molar-refractivity contribution in [2.24, 2.45) is 0 Å². The fourth-order valence-electron chi connectivity index (χ4n) is 1.11. The molecule has 1 heterocycles. The molecule has 0 N–H and O–H groups in total. The Bertz CT molecular complexity index is 322. The molecule has 0 radical (unpaired) electrons. The summed E-state index contributed by atoms with van der Waals surface area (Å²) in [4.78, 5) is 4.27. The molecule has 0 bridgehead atoms. The van der Waals surface area contributed by atoms with Gasteiger partial charge in [0.1, 0.15) is 10.4 Å². The Morgan fingerprint density at radius 1 is 1.58 bits per heavy atom. The molecule has 0 aliphatic carbocycles. The van der Waals surface area contributed by atoms with E-state index in [0.29, 0.717) is 13.0 Å². The fourth-order valence-corrected chi connectivity index (χ4v) is 1.63. The van der Waals surface area contributed by atoms with Crippen LogP contribution in [0.3, 0.4) is 0 Å². The lowest BCUT2D eigenvalue weighted by atomic mass is 10.4. The van der Waals surface area contributed by atoms with Crippen molar-refractivity contribution in [2.45, 2.75) is 26.8 Å². The summed E-state index contributed by atoms with van der Waals surface area (Å²) in [5, 5.41) is 8.42. The molecule has 0 unspecified atom stereocenters. The van der Waals surface area contributed by atoms with Gasteiger partial charge in [-0.2, -0.15) is 5.26 Å². The quantitative estimate of drug-likeness (QED) is 0.778. The molecule has 0 saturated heterocycles. The second kappa shape index (κ2) is 3.72. The molecule has 4 heteroatoms. The van der Waals surface area contributed by atoms with Gasteiger partial charge in [0.2, 0.25) is 0 Å². The van der Waals surface area contributed by atoms with Gasteiger partial charge in [0.25, 0.3) is 0 Å². The predicted molar refractivity (Wildman–Crippen MR) is 49.6 cm³/mol. The molecule has 0 spiro atoms. The van der Waals surface area contributed by atoms with E-state index in [0.717, 1.165) is 16.1 Å². The summed E-state index contributed by atoms with van der Waals surface area (Å²) in [6.07, 6.45) is 0.523. The van der Waals surface area contributed by atoms with E-state index in [-0.39, 0.29) is 0 Å². The minimum Gasteiger partial charge on any atom is -0.322 e. The average molecular weight is 228 g/mol. The van der Waals surface area contributed by atoms with Crippen molar-refractivity contribution in [1.82, 2.24) is 9.55 Å². The summed E-state index contributed by atoms with van der Waals surface area (Å²) in [5.41, 5.74) is 0.977. The van der Waals surface area contributed by atoms with E-state index in [1.54, 1.807) is 0 Å². The average Bonchev–Trinajstić information content (AvgIpc) is 2.25. The summed E-state index contributed by atoms with van der Waals surface area (Å²) < 4.78 is 2.98. The highest BCUT2D eigenvalue weighted by Crippen LogP contribution is 2.17. The number of halogens is 1. The maximum Gasteiger partial charge on any atom is 0.108 e. The van der Waals surface area contributed by atoms with E-state index in [1.807, 2.05) is 18.4 Å². The molecule has 3 nitrogen and oxygen atoms in total. The molecule has 1 aromatic heterocycles. The van der Waals surface area contributed by atoms with E-state index < -0.39 is 0 Å². The van der Waals surface area contributed by atoms with Gasteiger partial charge < -0.3 is 4.57 Å². The molecule has 0 aliphatic rings. The predicted octanol–water partition coefficient (Wildman–Crippen LogP) is 2.18. The summed E-state index contributed by atoms with van der Waals surface area (Å²) in [7, 11) is 0. The van der Waals surface area contributed by atoms with Crippen molar-refractivity contribution in [3.05, 3.63) is 16.1 Å². The first-order chi connectivity index (χ1) is 5.66. The maximum absolute atomic E-state index is 8.42. The number of aryl methyl sites for hydroxylation is 2. The minimum absolute atomic E-state index is 0.523. The van der Waals surface area contributed by atoms with E-state index >= 15 is 0 Å². The van der Waals surface area contributed by atoms with E-state index in [4.69, 9.17) is 5.26 Å². The topological polar surface area (TPSA) is 41.6 Å². The molecule has 0 fully saturated rings. The van der Waals surface area contributed by atoms with Crippen molar-refractivity contribution in [1.29, 1.82) is 5.26 Å². The Morgan fingerprint density at radius 2 is 2.25 bits per heavy atom. The second-order valence-corrected chi connectivity index (χ2v) is 3.35. The third-order valence-electron chi connectivity index (χ3n) is 1.70. The smallest absolute Gasteiger partial charge is 0.108 e. The molecule has 0 saturated carbocycles. The SMILES string of the molecule is Cc1nc(C)n(CCC#N)c1Br. The first kappa shape index (κ1) is 9.27. The first-order valence-electron chi connectivity index (χ1n) is 3.73. The highest BCUT2D eigenvalue weighted by atomic mass is 79.9. The maximum atomic E-state index is 8.42. The molecule has 0 aromatic carbocycles. The Morgan fingerprint density at radius 3 is 2.67 bits per heavy atom. The van der Waals surface area contributed by atoms with Gasteiger partial charge in [0, 0.05) is 6.54 Å². The largest absolute Gasteiger partial charge is 0.322 e. The van der Waals surface area contributed by atoms with Crippen LogP contribution in [0.15, 0.2) is 4.60 Å². The third-order valence-corrected chi connectivity index (χ3v) is 2.70. The van der Waals surface area contributed by atoms with Crippen LogP contribution in [0.2, 0.25) is 0 Å². The van der Waals surface area contributed by atoms with E-state index in [9.17, 15) is 0 Å². The number of aromatic nitrogens is 2. The fraction of sp³-hybridized carbons (Fsp3) is 0.500. The molecular weight excluding hydrogens is 218 g/mol. The number of hydrogen-bond donors (Lipinski definition) is 0. The van der Waals surface area contributed by atoms with Crippen molar-refractivity contribution >= 4 is 15.9 Å². The molecule has 0 aliphatic heterocycles. The zero-order chi connectivity index (χ0) is 9.14. The second-order valence-electron chi connectivity index (χ2n) is 2.59. The van der Waals surface area contributed by atoms with Crippen LogP contribution in [0.4, 0.5) is 0 Å². The van der Waals surface area contributed by atoms with Crippen LogP contribution < -0.4 is 0 Å². The van der Waals surface area contributed by atoms with Gasteiger partial charge in [-0.25, -0.2) is 4.98 Å². The summed E-state index contributed by atoms with van der Waals surface area (Å²) in [6.45, 7) is 4.60. The van der Waals surface area contributed by atoms with Crippen LogP contribution in [0.5, 0.6) is 0 Å². The summed E-state index contributed by atoms with van der Waals surface area (Å²) >= 11 is 3.42. The van der Waals surface area contributed by atoms with Crippen molar-refractivity contribution in [2.75, 3.05) is 0 Å². The van der Waals surface area contributed by atoms with Gasteiger partial charge in [0.15, 0.2) is 0 Å². The lowest BCUT2D eigenvalue weighted by molar-refractivity contribution is 0.677. The lowest BCUT2D eigenvalue weighted by Gasteiger charge is -2.02. The Labute approximate surface area is 80.2 Å². The molecule has 1 aromatic rings. The third kappa shape index (κ3) is 1.67. The number of rotatable bonds is 2. The first-order valence-corrected chi connectivity index (χ1v) is 4.52. The molecule has 64 valence electrons. The van der Waals surface area contributed by atoms with E-state index in [2.05, 4.69) is 27.0 Å². The molecular formula is C8H10BrN3. The monoisotopic (exact) mass is 227 g/mol. The standard InChI is InChI=1S/C8H10BrN3/c1-6-8(9)12(5-3-4-10)7(2)11-6/h3,5H2,1-2H3. The normalized spacial score (nSPS) is 9.83. The van der Waals surface area contributed by atoms with Crippen molar-refractivity contribution in [3.8, 4) is 6.07 Å². The van der Waals surface area contributed by atoms with Crippen LogP contribution >= 0.6 is 15.9 Å². The number of imidazole rings is 1. The number of hydrogen-bond acceptors (Lipinski definition) is 2. The van der Waals surface area contributed by atoms with Crippen LogP contribution in [0, 0.1) is 25.2 Å². The van der Waals surface area contributed by atoms with Gasteiger partial charge in [-0.15, -0.1) is 0 Å². The van der Waals surface area contributed by atoms with Gasteiger partial charge in [-0.1, -0.05) is 0 Å². The van der Waals surface area contributed by atoms with Crippen LogP contribution in [-0.2, 0) is 6.54 Å². The van der Waals surface area contributed by atoms with Gasteiger partial charge in [-0.3, -0.25) is 0 Å². The van der Waals surface area contributed by atoms with Crippen LogP contribution in [-0.4, -0.2) is 9.55 Å². The van der Waals surface area contributed by atoms with Crippen molar-refractivity contribution in [3.63, 3.8) is 0 Å².